The van der Waals surface area contributed by atoms with Crippen LogP contribution in [0.4, 0.5) is 0 Å². The number of furan rings is 1. The Hall–Kier alpha value is -7.62. The topological polar surface area (TPSA) is 27.3 Å². The third-order valence-electron chi connectivity index (χ3n) is 12.7. The minimum Gasteiger partial charge on any atom is -0.457 e. The summed E-state index contributed by atoms with van der Waals surface area (Å²) in [7, 11) is 0. The van der Waals surface area contributed by atoms with Crippen molar-refractivity contribution in [1.29, 1.82) is 0 Å². The van der Waals surface area contributed by atoms with Gasteiger partial charge in [0, 0.05) is 32.7 Å². The van der Waals surface area contributed by atoms with Crippen molar-refractivity contribution in [3.8, 4) is 50.6 Å². The maximum absolute atomic E-state index is 6.90. The second-order valence-corrected chi connectivity index (χ2v) is 15.5. The van der Waals surface area contributed by atoms with Crippen LogP contribution in [0.15, 0.2) is 205 Å². The van der Waals surface area contributed by atoms with E-state index in [4.69, 9.17) is 9.15 Å². The predicted octanol–water partition coefficient (Wildman–Crippen LogP) is 14.5. The van der Waals surface area contributed by atoms with Crippen molar-refractivity contribution in [2.24, 2.45) is 0 Å². The third kappa shape index (κ3) is 4.12. The van der Waals surface area contributed by atoms with Gasteiger partial charge in [-0.15, -0.1) is 0 Å². The molecule has 13 rings (SSSR count). The monoisotopic (exact) mass is 739 g/mol. The SMILES string of the molecule is c1ccc(-c2ccc3c(c2)C2(c4ccccc4O3)c3ccccc3-c3ccc4c(c32)c2cc(-c3ccccc3)ccc2n4-c2cccc3c2oc2ccccc23)cc1. The van der Waals surface area contributed by atoms with E-state index in [-0.39, 0.29) is 0 Å². The molecule has 2 aliphatic rings. The molecule has 0 bridgehead atoms. The highest BCUT2D eigenvalue weighted by atomic mass is 16.5. The summed E-state index contributed by atoms with van der Waals surface area (Å²) in [6.45, 7) is 0. The molecule has 9 aromatic carbocycles. The van der Waals surface area contributed by atoms with Crippen LogP contribution in [0.5, 0.6) is 11.5 Å². The van der Waals surface area contributed by atoms with E-state index in [0.29, 0.717) is 0 Å². The number of para-hydroxylation sites is 3. The quantitative estimate of drug-likeness (QED) is 0.180. The first-order valence-electron chi connectivity index (χ1n) is 19.9. The molecule has 11 aromatic rings. The first kappa shape index (κ1) is 31.6. The van der Waals surface area contributed by atoms with Gasteiger partial charge in [0.05, 0.1) is 22.1 Å². The molecule has 1 aliphatic heterocycles. The van der Waals surface area contributed by atoms with Crippen molar-refractivity contribution in [1.82, 2.24) is 4.57 Å². The van der Waals surface area contributed by atoms with Crippen molar-refractivity contribution in [3.05, 3.63) is 222 Å². The van der Waals surface area contributed by atoms with Crippen LogP contribution in [0, 0.1) is 0 Å². The van der Waals surface area contributed by atoms with Crippen molar-refractivity contribution in [3.63, 3.8) is 0 Å². The van der Waals surface area contributed by atoms with Crippen molar-refractivity contribution < 1.29 is 9.15 Å². The van der Waals surface area contributed by atoms with Gasteiger partial charge in [-0.2, -0.15) is 0 Å². The lowest BCUT2D eigenvalue weighted by atomic mass is 9.65. The van der Waals surface area contributed by atoms with Gasteiger partial charge in [0.1, 0.15) is 17.1 Å². The Kier molecular flexibility index (Phi) is 6.37. The number of fused-ring (bicyclic) bond motifs is 16. The van der Waals surface area contributed by atoms with Crippen LogP contribution >= 0.6 is 0 Å². The summed E-state index contributed by atoms with van der Waals surface area (Å²) in [6, 6.07) is 72.4. The average molecular weight is 740 g/mol. The first-order valence-corrected chi connectivity index (χ1v) is 19.9. The Morgan fingerprint density at radius 3 is 1.90 bits per heavy atom. The van der Waals surface area contributed by atoms with Gasteiger partial charge in [-0.05, 0) is 93.0 Å². The van der Waals surface area contributed by atoms with Gasteiger partial charge in [0.15, 0.2) is 5.58 Å². The van der Waals surface area contributed by atoms with Crippen LogP contribution in [-0.2, 0) is 5.41 Å². The zero-order valence-corrected chi connectivity index (χ0v) is 31.3. The molecule has 1 unspecified atom stereocenters. The fourth-order valence-corrected chi connectivity index (χ4v) is 10.3. The van der Waals surface area contributed by atoms with Gasteiger partial charge in [-0.3, -0.25) is 0 Å². The summed E-state index contributed by atoms with van der Waals surface area (Å²) in [5, 5.41) is 4.64. The van der Waals surface area contributed by atoms with Gasteiger partial charge in [-0.25, -0.2) is 0 Å². The van der Waals surface area contributed by atoms with Gasteiger partial charge in [0.2, 0.25) is 0 Å². The van der Waals surface area contributed by atoms with E-state index >= 15 is 0 Å². The lowest BCUT2D eigenvalue weighted by Crippen LogP contribution is -2.32. The molecule has 270 valence electrons. The normalized spacial score (nSPS) is 15.1. The summed E-state index contributed by atoms with van der Waals surface area (Å²) in [5.41, 5.74) is 16.3. The molecule has 3 heterocycles. The number of aromatic nitrogens is 1. The predicted molar refractivity (Wildman–Crippen MR) is 236 cm³/mol. The molecule has 58 heavy (non-hydrogen) atoms. The molecule has 0 N–H and O–H groups in total. The lowest BCUT2D eigenvalue weighted by molar-refractivity contribution is 0.437. The fourth-order valence-electron chi connectivity index (χ4n) is 10.3. The Labute approximate surface area is 334 Å². The van der Waals surface area contributed by atoms with E-state index in [1.807, 2.05) is 6.07 Å². The van der Waals surface area contributed by atoms with E-state index in [1.165, 1.54) is 49.7 Å². The minimum absolute atomic E-state index is 0.687. The smallest absolute Gasteiger partial charge is 0.159 e. The number of hydrogen-bond acceptors (Lipinski definition) is 2. The molecule has 2 aromatic heterocycles. The Morgan fingerprint density at radius 1 is 0.397 bits per heavy atom. The van der Waals surface area contributed by atoms with E-state index < -0.39 is 5.41 Å². The standard InChI is InChI=1S/C55H33NO2/c1-3-14-34(15-4-1)36-26-29-46-42(32-36)52-47(56(46)48-23-13-20-41-39-19-8-11-24-49(39)58-54(41)48)30-28-40-38-18-7-9-21-43(38)55(53(40)52)44-22-10-12-25-50(44)57-51-31-27-37(33-45(51)55)35-16-5-2-6-17-35/h1-33H. The van der Waals surface area contributed by atoms with E-state index in [2.05, 4.69) is 199 Å². The third-order valence-corrected chi connectivity index (χ3v) is 12.7. The Balaban J connectivity index is 1.23. The second-order valence-electron chi connectivity index (χ2n) is 15.5. The van der Waals surface area contributed by atoms with E-state index in [0.717, 1.165) is 66.8 Å². The molecule has 0 saturated heterocycles. The van der Waals surface area contributed by atoms with Crippen molar-refractivity contribution in [2.45, 2.75) is 5.41 Å². The van der Waals surface area contributed by atoms with Crippen LogP contribution in [0.3, 0.4) is 0 Å². The Morgan fingerprint density at radius 2 is 1.05 bits per heavy atom. The number of benzene rings is 9. The molecule has 0 fully saturated rings. The van der Waals surface area contributed by atoms with Gasteiger partial charge in [0.25, 0.3) is 0 Å². The average Bonchev–Trinajstić information content (AvgIpc) is 3.93. The van der Waals surface area contributed by atoms with Gasteiger partial charge >= 0.3 is 0 Å². The number of ether oxygens (including phenoxy) is 1. The Bertz CT molecular complexity index is 3480. The van der Waals surface area contributed by atoms with Crippen molar-refractivity contribution >= 4 is 43.7 Å². The van der Waals surface area contributed by atoms with Gasteiger partial charge in [-0.1, -0.05) is 152 Å². The molecule has 0 amide bonds. The molecular formula is C55H33NO2. The maximum Gasteiger partial charge on any atom is 0.159 e. The maximum atomic E-state index is 6.90. The highest BCUT2D eigenvalue weighted by molar-refractivity contribution is 6.18. The summed E-state index contributed by atoms with van der Waals surface area (Å²) < 4.78 is 16.1. The summed E-state index contributed by atoms with van der Waals surface area (Å²) >= 11 is 0. The molecule has 3 heteroatoms. The fraction of sp³-hybridized carbons (Fsp3) is 0.0182. The lowest BCUT2D eigenvalue weighted by Gasteiger charge is -2.40. The molecule has 0 radical (unpaired) electrons. The summed E-state index contributed by atoms with van der Waals surface area (Å²) in [4.78, 5) is 0. The van der Waals surface area contributed by atoms with Crippen LogP contribution < -0.4 is 4.74 Å². The highest BCUT2D eigenvalue weighted by Crippen LogP contribution is 2.64. The van der Waals surface area contributed by atoms with Gasteiger partial charge < -0.3 is 13.7 Å². The zero-order chi connectivity index (χ0) is 38.0. The highest BCUT2D eigenvalue weighted by Gasteiger charge is 2.52. The second kappa shape index (κ2) is 11.7. The molecule has 1 aliphatic carbocycles. The molecule has 1 atom stereocenters. The van der Waals surface area contributed by atoms with E-state index in [1.54, 1.807) is 0 Å². The van der Waals surface area contributed by atoms with E-state index in [9.17, 15) is 0 Å². The van der Waals surface area contributed by atoms with Crippen LogP contribution in [0.2, 0.25) is 0 Å². The number of nitrogens with zero attached hydrogens (tertiary/aromatic N) is 1. The van der Waals surface area contributed by atoms with Crippen molar-refractivity contribution in [2.75, 3.05) is 0 Å². The number of rotatable bonds is 3. The molecule has 3 nitrogen and oxygen atoms in total. The molecular weight excluding hydrogens is 707 g/mol. The summed E-state index contributed by atoms with van der Waals surface area (Å²) in [6.07, 6.45) is 0. The van der Waals surface area contributed by atoms with Crippen LogP contribution in [0.1, 0.15) is 22.3 Å². The minimum atomic E-state index is -0.687. The zero-order valence-electron chi connectivity index (χ0n) is 31.3. The van der Waals surface area contributed by atoms with Crippen LogP contribution in [0.25, 0.3) is 82.8 Å². The molecule has 0 saturated carbocycles. The summed E-state index contributed by atoms with van der Waals surface area (Å²) in [5.74, 6) is 1.75. The first-order chi connectivity index (χ1) is 28.8. The molecule has 1 spiro atoms. The van der Waals surface area contributed by atoms with Crippen LogP contribution in [-0.4, -0.2) is 4.57 Å². The largest absolute Gasteiger partial charge is 0.457 e. The number of hydrogen-bond donors (Lipinski definition) is 0.